The molecule has 4 rings (SSSR count). The first kappa shape index (κ1) is 16.5. The van der Waals surface area contributed by atoms with E-state index in [1.807, 2.05) is 12.1 Å². The standard InChI is InChI=1S/C18H14FN5OS/c1-11-15(13-4-6-14(19)7-5-13)16-21-17(22-18(25)24(16)23-11)26-10-12-3-2-8-20-9-12/h2-9H,10H2,1H3,(H,21,22,25). The van der Waals surface area contributed by atoms with E-state index in [0.29, 0.717) is 22.3 Å². The maximum absolute atomic E-state index is 13.2. The topological polar surface area (TPSA) is 75.9 Å². The third-order valence-electron chi connectivity index (χ3n) is 3.88. The molecular weight excluding hydrogens is 353 g/mol. The molecule has 4 aromatic rings. The van der Waals surface area contributed by atoms with Crippen molar-refractivity contribution in [1.29, 1.82) is 0 Å². The largest absolute Gasteiger partial charge is 0.350 e. The van der Waals surface area contributed by atoms with Crippen LogP contribution in [-0.4, -0.2) is 24.6 Å². The number of fused-ring (bicyclic) bond motifs is 1. The summed E-state index contributed by atoms with van der Waals surface area (Å²) in [5.41, 5.74) is 3.26. The van der Waals surface area contributed by atoms with Crippen molar-refractivity contribution < 1.29 is 4.39 Å². The van der Waals surface area contributed by atoms with E-state index in [4.69, 9.17) is 0 Å². The van der Waals surface area contributed by atoms with E-state index < -0.39 is 0 Å². The molecule has 0 aliphatic heterocycles. The van der Waals surface area contributed by atoms with Crippen molar-refractivity contribution in [2.75, 3.05) is 0 Å². The number of hydrogen-bond donors (Lipinski definition) is 1. The van der Waals surface area contributed by atoms with Crippen molar-refractivity contribution in [2.45, 2.75) is 17.8 Å². The van der Waals surface area contributed by atoms with Gasteiger partial charge in [0.25, 0.3) is 0 Å². The number of hydrogen-bond acceptors (Lipinski definition) is 5. The molecule has 0 saturated heterocycles. The number of nitrogens with zero attached hydrogens (tertiary/aromatic N) is 4. The first-order valence-electron chi connectivity index (χ1n) is 7.89. The van der Waals surface area contributed by atoms with Crippen LogP contribution in [0.5, 0.6) is 0 Å². The van der Waals surface area contributed by atoms with E-state index in [9.17, 15) is 9.18 Å². The number of rotatable bonds is 4. The maximum atomic E-state index is 13.2. The summed E-state index contributed by atoms with van der Waals surface area (Å²) in [7, 11) is 0. The molecule has 0 aliphatic carbocycles. The first-order chi connectivity index (χ1) is 12.6. The van der Waals surface area contributed by atoms with Crippen LogP contribution in [0.4, 0.5) is 4.39 Å². The van der Waals surface area contributed by atoms with Crippen LogP contribution in [0, 0.1) is 12.7 Å². The fourth-order valence-electron chi connectivity index (χ4n) is 2.69. The van der Waals surface area contributed by atoms with E-state index in [-0.39, 0.29) is 11.5 Å². The lowest BCUT2D eigenvalue weighted by atomic mass is 10.1. The van der Waals surface area contributed by atoms with Gasteiger partial charge in [0, 0.05) is 23.7 Å². The lowest BCUT2D eigenvalue weighted by Gasteiger charge is -2.03. The summed E-state index contributed by atoms with van der Waals surface area (Å²) in [6.07, 6.45) is 3.49. The molecule has 3 heterocycles. The lowest BCUT2D eigenvalue weighted by molar-refractivity contribution is 0.628. The summed E-state index contributed by atoms with van der Waals surface area (Å²) in [5.74, 6) is 0.313. The van der Waals surface area contributed by atoms with Crippen LogP contribution in [0.25, 0.3) is 16.8 Å². The molecule has 0 aliphatic rings. The Morgan fingerprint density at radius 1 is 1.23 bits per heavy atom. The van der Waals surface area contributed by atoms with Gasteiger partial charge in [0.05, 0.1) is 5.69 Å². The minimum absolute atomic E-state index is 0.318. The zero-order valence-electron chi connectivity index (χ0n) is 13.8. The zero-order chi connectivity index (χ0) is 18.1. The summed E-state index contributed by atoms with van der Waals surface area (Å²) in [4.78, 5) is 23.8. The fourth-order valence-corrected chi connectivity index (χ4v) is 3.47. The number of nitrogens with one attached hydrogen (secondary N) is 1. The Labute approximate surface area is 152 Å². The smallest absolute Gasteiger partial charge is 0.285 e. The number of aryl methyl sites for hydroxylation is 1. The molecule has 0 fully saturated rings. The minimum Gasteiger partial charge on any atom is -0.285 e. The second kappa shape index (κ2) is 6.72. The zero-order valence-corrected chi connectivity index (χ0v) is 14.6. The van der Waals surface area contributed by atoms with Gasteiger partial charge in [-0.25, -0.2) is 14.2 Å². The van der Waals surface area contributed by atoms with Crippen LogP contribution in [0.2, 0.25) is 0 Å². The van der Waals surface area contributed by atoms with E-state index in [1.54, 1.807) is 31.5 Å². The van der Waals surface area contributed by atoms with Crippen LogP contribution < -0.4 is 5.69 Å². The summed E-state index contributed by atoms with van der Waals surface area (Å²) < 4.78 is 14.5. The molecule has 0 atom stereocenters. The Morgan fingerprint density at radius 3 is 2.77 bits per heavy atom. The highest BCUT2D eigenvalue weighted by atomic mass is 32.2. The molecule has 0 radical (unpaired) electrons. The van der Waals surface area contributed by atoms with Gasteiger partial charge in [0.15, 0.2) is 10.8 Å². The summed E-state index contributed by atoms with van der Waals surface area (Å²) in [6, 6.07) is 9.90. The van der Waals surface area contributed by atoms with E-state index in [2.05, 4.69) is 20.1 Å². The molecule has 8 heteroatoms. The third-order valence-corrected chi connectivity index (χ3v) is 4.83. The quantitative estimate of drug-likeness (QED) is 0.561. The highest BCUT2D eigenvalue weighted by Gasteiger charge is 2.16. The van der Waals surface area contributed by atoms with Gasteiger partial charge in [-0.2, -0.15) is 9.61 Å². The minimum atomic E-state index is -0.361. The Bertz CT molecular complexity index is 1120. The fraction of sp³-hybridized carbons (Fsp3) is 0.111. The van der Waals surface area contributed by atoms with Crippen molar-refractivity contribution >= 4 is 17.4 Å². The molecule has 0 spiro atoms. The Kier molecular flexibility index (Phi) is 4.26. The predicted molar refractivity (Wildman–Crippen MR) is 97.5 cm³/mol. The Balaban J connectivity index is 1.76. The molecular formula is C18H14FN5OS. The van der Waals surface area contributed by atoms with Crippen molar-refractivity contribution in [1.82, 2.24) is 24.6 Å². The summed E-state index contributed by atoms with van der Waals surface area (Å²) in [5, 5.41) is 4.76. The van der Waals surface area contributed by atoms with Gasteiger partial charge in [0.2, 0.25) is 0 Å². The number of halogens is 1. The normalized spacial score (nSPS) is 11.2. The van der Waals surface area contributed by atoms with Crippen LogP contribution >= 0.6 is 11.8 Å². The molecule has 130 valence electrons. The van der Waals surface area contributed by atoms with E-state index >= 15 is 0 Å². The van der Waals surface area contributed by atoms with Crippen molar-refractivity contribution in [2.24, 2.45) is 0 Å². The number of aromatic nitrogens is 5. The Morgan fingerprint density at radius 2 is 2.04 bits per heavy atom. The van der Waals surface area contributed by atoms with Crippen LogP contribution in [0.1, 0.15) is 11.3 Å². The second-order valence-corrected chi connectivity index (χ2v) is 6.66. The van der Waals surface area contributed by atoms with Crippen LogP contribution in [0.3, 0.4) is 0 Å². The van der Waals surface area contributed by atoms with Crippen molar-refractivity contribution in [3.05, 3.63) is 76.4 Å². The molecule has 0 saturated carbocycles. The third kappa shape index (κ3) is 3.11. The van der Waals surface area contributed by atoms with Gasteiger partial charge >= 0.3 is 5.69 Å². The van der Waals surface area contributed by atoms with Gasteiger partial charge in [-0.15, -0.1) is 0 Å². The second-order valence-electron chi connectivity index (χ2n) is 5.70. The van der Waals surface area contributed by atoms with Crippen LogP contribution in [0.15, 0.2) is 58.7 Å². The van der Waals surface area contributed by atoms with Crippen molar-refractivity contribution in [3.63, 3.8) is 0 Å². The SMILES string of the molecule is Cc1nn2c(=O)[nH]c(SCc3cccnc3)nc2c1-c1ccc(F)cc1. The average Bonchev–Trinajstić information content (AvgIpc) is 2.98. The first-order valence-corrected chi connectivity index (χ1v) is 8.87. The highest BCUT2D eigenvalue weighted by molar-refractivity contribution is 7.98. The average molecular weight is 367 g/mol. The molecule has 0 bridgehead atoms. The lowest BCUT2D eigenvalue weighted by Crippen LogP contribution is -2.19. The monoisotopic (exact) mass is 367 g/mol. The van der Waals surface area contributed by atoms with E-state index in [0.717, 1.165) is 16.7 Å². The summed E-state index contributed by atoms with van der Waals surface area (Å²) >= 11 is 1.41. The molecule has 6 nitrogen and oxygen atoms in total. The molecule has 26 heavy (non-hydrogen) atoms. The summed E-state index contributed by atoms with van der Waals surface area (Å²) in [6.45, 7) is 1.80. The Hall–Kier alpha value is -3.00. The number of benzene rings is 1. The highest BCUT2D eigenvalue weighted by Crippen LogP contribution is 2.27. The van der Waals surface area contributed by atoms with Gasteiger partial charge in [-0.05, 0) is 36.2 Å². The number of H-pyrrole nitrogens is 1. The van der Waals surface area contributed by atoms with Gasteiger partial charge in [0.1, 0.15) is 5.82 Å². The van der Waals surface area contributed by atoms with Gasteiger partial charge in [-0.3, -0.25) is 9.97 Å². The number of pyridine rings is 1. The number of aromatic amines is 1. The van der Waals surface area contributed by atoms with Gasteiger partial charge in [-0.1, -0.05) is 30.0 Å². The molecule has 1 N–H and O–H groups in total. The molecule has 1 aromatic carbocycles. The van der Waals surface area contributed by atoms with E-state index in [1.165, 1.54) is 28.4 Å². The molecule has 3 aromatic heterocycles. The maximum Gasteiger partial charge on any atom is 0.350 e. The van der Waals surface area contributed by atoms with Crippen molar-refractivity contribution in [3.8, 4) is 11.1 Å². The molecule has 0 amide bonds. The van der Waals surface area contributed by atoms with Gasteiger partial charge < -0.3 is 0 Å². The van der Waals surface area contributed by atoms with Crippen LogP contribution in [-0.2, 0) is 5.75 Å². The molecule has 0 unspecified atom stereocenters. The predicted octanol–water partition coefficient (Wildman–Crippen LogP) is 3.22. The number of thioether (sulfide) groups is 1.